The van der Waals surface area contributed by atoms with E-state index in [1.54, 1.807) is 11.3 Å². The fraction of sp³-hybridized carbons (Fsp3) is 0.385. The first-order chi connectivity index (χ1) is 16.7. The molecule has 3 aromatic heterocycles. The first-order valence-electron chi connectivity index (χ1n) is 12.1. The van der Waals surface area contributed by atoms with E-state index in [4.69, 9.17) is 20.7 Å². The summed E-state index contributed by atoms with van der Waals surface area (Å²) in [5, 5.41) is 0.975. The van der Waals surface area contributed by atoms with Crippen molar-refractivity contribution in [2.45, 2.75) is 38.1 Å². The van der Waals surface area contributed by atoms with Gasteiger partial charge in [0.25, 0.3) is 0 Å². The standard InChI is InChI=1S/C26H27N7S/c27-22-18-6-2-1-5-17(18)15-26(22)9-13-32(14-10-26)24-29-16-21-23(30-24)31-25(34-21)33-12-4-7-19-20(33)8-3-11-28-19/h1-3,5-6,8,11,16,22H,4,7,9-10,12-15,27H2/t22-/m1/s1. The van der Waals surface area contributed by atoms with Gasteiger partial charge in [0.05, 0.1) is 22.3 Å². The van der Waals surface area contributed by atoms with Crippen LogP contribution in [0.4, 0.5) is 16.8 Å². The number of rotatable bonds is 2. The van der Waals surface area contributed by atoms with Gasteiger partial charge in [0.15, 0.2) is 10.8 Å². The van der Waals surface area contributed by atoms with Crippen molar-refractivity contribution >= 4 is 38.5 Å². The van der Waals surface area contributed by atoms with Crippen molar-refractivity contribution < 1.29 is 0 Å². The molecule has 1 aliphatic carbocycles. The SMILES string of the molecule is N[C@@H]1c2ccccc2CC12CCN(c1ncc3sc(N4CCCc5ncccc54)nc3n1)CC2. The third kappa shape index (κ3) is 3.12. The zero-order chi connectivity index (χ0) is 22.7. The zero-order valence-corrected chi connectivity index (χ0v) is 19.8. The van der Waals surface area contributed by atoms with Crippen molar-refractivity contribution in [1.82, 2.24) is 19.9 Å². The quantitative estimate of drug-likeness (QED) is 0.466. The van der Waals surface area contributed by atoms with Crippen LogP contribution in [0.25, 0.3) is 10.3 Å². The Morgan fingerprint density at radius 3 is 2.76 bits per heavy atom. The van der Waals surface area contributed by atoms with Crippen LogP contribution < -0.4 is 15.5 Å². The van der Waals surface area contributed by atoms with E-state index in [0.29, 0.717) is 0 Å². The van der Waals surface area contributed by atoms with Crippen LogP contribution >= 0.6 is 11.3 Å². The van der Waals surface area contributed by atoms with Gasteiger partial charge in [0, 0.05) is 31.9 Å². The molecule has 0 bridgehead atoms. The van der Waals surface area contributed by atoms with E-state index >= 15 is 0 Å². The van der Waals surface area contributed by atoms with Gasteiger partial charge in [0.2, 0.25) is 5.95 Å². The molecule has 172 valence electrons. The van der Waals surface area contributed by atoms with E-state index in [2.05, 4.69) is 45.1 Å². The lowest BCUT2D eigenvalue weighted by Gasteiger charge is -2.42. The predicted molar refractivity (Wildman–Crippen MR) is 136 cm³/mol. The Hall–Kier alpha value is -3.10. The number of aromatic nitrogens is 4. The maximum atomic E-state index is 6.75. The van der Waals surface area contributed by atoms with E-state index in [9.17, 15) is 0 Å². The number of fused-ring (bicyclic) bond motifs is 3. The topological polar surface area (TPSA) is 84.1 Å². The molecule has 34 heavy (non-hydrogen) atoms. The zero-order valence-electron chi connectivity index (χ0n) is 19.0. The van der Waals surface area contributed by atoms with Gasteiger partial charge in [0.1, 0.15) is 0 Å². The second-order valence-electron chi connectivity index (χ2n) is 9.78. The number of hydrogen-bond acceptors (Lipinski definition) is 8. The molecule has 7 nitrogen and oxygen atoms in total. The monoisotopic (exact) mass is 469 g/mol. The van der Waals surface area contributed by atoms with Gasteiger partial charge in [-0.05, 0) is 60.8 Å². The van der Waals surface area contributed by atoms with E-state index < -0.39 is 0 Å². The van der Waals surface area contributed by atoms with Crippen molar-refractivity contribution in [2.75, 3.05) is 29.4 Å². The number of pyridine rings is 1. The van der Waals surface area contributed by atoms with Crippen molar-refractivity contribution in [3.63, 3.8) is 0 Å². The van der Waals surface area contributed by atoms with E-state index in [-0.39, 0.29) is 11.5 Å². The summed E-state index contributed by atoms with van der Waals surface area (Å²) < 4.78 is 1.02. The van der Waals surface area contributed by atoms with Gasteiger partial charge in [-0.1, -0.05) is 35.6 Å². The number of aryl methyl sites for hydroxylation is 1. The fourth-order valence-electron chi connectivity index (χ4n) is 6.03. The Morgan fingerprint density at radius 2 is 1.88 bits per heavy atom. The third-order valence-electron chi connectivity index (χ3n) is 7.94. The van der Waals surface area contributed by atoms with Gasteiger partial charge >= 0.3 is 0 Å². The molecule has 2 N–H and O–H groups in total. The maximum absolute atomic E-state index is 6.75. The highest BCUT2D eigenvalue weighted by Crippen LogP contribution is 2.50. The minimum atomic E-state index is 0.122. The predicted octanol–water partition coefficient (Wildman–Crippen LogP) is 4.41. The molecule has 3 aliphatic rings. The molecule has 0 amide bonds. The van der Waals surface area contributed by atoms with Crippen molar-refractivity contribution in [3.05, 3.63) is 65.6 Å². The lowest BCUT2D eigenvalue weighted by molar-refractivity contribution is 0.187. The van der Waals surface area contributed by atoms with E-state index in [1.807, 2.05) is 18.5 Å². The van der Waals surface area contributed by atoms with Crippen molar-refractivity contribution in [3.8, 4) is 0 Å². The summed E-state index contributed by atoms with van der Waals surface area (Å²) in [5.74, 6) is 0.781. The first-order valence-corrected chi connectivity index (χ1v) is 13.0. The van der Waals surface area contributed by atoms with Gasteiger partial charge in [-0.2, -0.15) is 9.97 Å². The normalized spacial score (nSPS) is 21.1. The molecule has 0 unspecified atom stereocenters. The molecule has 1 saturated heterocycles. The van der Waals surface area contributed by atoms with Gasteiger partial charge in [-0.3, -0.25) is 4.98 Å². The maximum Gasteiger partial charge on any atom is 0.227 e. The number of anilines is 3. The minimum absolute atomic E-state index is 0.122. The number of piperidine rings is 1. The minimum Gasteiger partial charge on any atom is -0.341 e. The molecule has 0 saturated carbocycles. The van der Waals surface area contributed by atoms with Crippen LogP contribution in [0, 0.1) is 5.41 Å². The molecule has 1 fully saturated rings. The van der Waals surface area contributed by atoms with Crippen molar-refractivity contribution in [2.24, 2.45) is 11.1 Å². The molecule has 4 aromatic rings. The molecule has 2 aliphatic heterocycles. The number of nitrogens with zero attached hydrogens (tertiary/aromatic N) is 6. The summed E-state index contributed by atoms with van der Waals surface area (Å²) in [5.41, 5.74) is 12.8. The van der Waals surface area contributed by atoms with Crippen LogP contribution in [0.1, 0.15) is 42.1 Å². The lowest BCUT2D eigenvalue weighted by Crippen LogP contribution is -2.44. The van der Waals surface area contributed by atoms with Crippen LogP contribution in [-0.4, -0.2) is 39.6 Å². The largest absolute Gasteiger partial charge is 0.341 e. The highest BCUT2D eigenvalue weighted by atomic mass is 32.1. The highest BCUT2D eigenvalue weighted by Gasteiger charge is 2.46. The molecule has 5 heterocycles. The van der Waals surface area contributed by atoms with Gasteiger partial charge < -0.3 is 15.5 Å². The van der Waals surface area contributed by atoms with Crippen LogP contribution in [0.2, 0.25) is 0 Å². The second-order valence-corrected chi connectivity index (χ2v) is 10.8. The highest BCUT2D eigenvalue weighted by molar-refractivity contribution is 7.22. The number of benzene rings is 1. The van der Waals surface area contributed by atoms with E-state index in [1.165, 1.54) is 11.1 Å². The summed E-state index contributed by atoms with van der Waals surface area (Å²) in [7, 11) is 0. The Morgan fingerprint density at radius 1 is 1.00 bits per heavy atom. The van der Waals surface area contributed by atoms with Crippen LogP contribution in [0.3, 0.4) is 0 Å². The Kier molecular flexibility index (Phi) is 4.60. The number of hydrogen-bond donors (Lipinski definition) is 1. The third-order valence-corrected chi connectivity index (χ3v) is 8.95. The second kappa shape index (κ2) is 7.71. The van der Waals surface area contributed by atoms with Gasteiger partial charge in [-0.15, -0.1) is 0 Å². The molecule has 1 aromatic carbocycles. The van der Waals surface area contributed by atoms with Crippen molar-refractivity contribution in [1.29, 1.82) is 0 Å². The Bertz CT molecular complexity index is 1370. The lowest BCUT2D eigenvalue weighted by atomic mass is 9.73. The molecule has 8 heteroatoms. The number of nitrogens with two attached hydrogens (primary N) is 1. The van der Waals surface area contributed by atoms with Crippen LogP contribution in [-0.2, 0) is 12.8 Å². The molecule has 1 spiro atoms. The molecule has 7 rings (SSSR count). The molecule has 1 atom stereocenters. The summed E-state index contributed by atoms with van der Waals surface area (Å²) in [6.07, 6.45) is 9.12. The average molecular weight is 470 g/mol. The fourth-order valence-corrected chi connectivity index (χ4v) is 6.95. The van der Waals surface area contributed by atoms with Gasteiger partial charge in [-0.25, -0.2) is 4.98 Å². The summed E-state index contributed by atoms with van der Waals surface area (Å²) in [6.45, 7) is 2.81. The van der Waals surface area contributed by atoms with Crippen LogP contribution in [0.15, 0.2) is 48.8 Å². The van der Waals surface area contributed by atoms with Crippen LogP contribution in [0.5, 0.6) is 0 Å². The summed E-state index contributed by atoms with van der Waals surface area (Å²) in [6, 6.07) is 12.9. The van der Waals surface area contributed by atoms with E-state index in [0.717, 1.165) is 84.5 Å². The molecular formula is C26H27N7S. The molecular weight excluding hydrogens is 442 g/mol. The Balaban J connectivity index is 1.12. The smallest absolute Gasteiger partial charge is 0.227 e. The average Bonchev–Trinajstić information content (AvgIpc) is 3.43. The Labute approximate surface area is 202 Å². The number of thiazole rings is 1. The summed E-state index contributed by atoms with van der Waals surface area (Å²) >= 11 is 1.66. The summed E-state index contributed by atoms with van der Waals surface area (Å²) in [4.78, 5) is 23.7. The molecule has 0 radical (unpaired) electrons. The first kappa shape index (κ1) is 20.3.